The lowest BCUT2D eigenvalue weighted by atomic mass is 9.98. The Balaban J connectivity index is 2.85. The molecule has 6 heteroatoms. The molecule has 1 aliphatic rings. The Morgan fingerprint density at radius 1 is 1.00 bits per heavy atom. The van der Waals surface area contributed by atoms with Crippen LogP contribution in [-0.4, -0.2) is 72.4 Å². The smallest absolute Gasteiger partial charge is 0.188 e. The summed E-state index contributed by atoms with van der Waals surface area (Å²) in [4.78, 5) is 0. The van der Waals surface area contributed by atoms with Crippen LogP contribution in [0, 0.1) is 12.3 Å². The second-order valence-electron chi connectivity index (χ2n) is 4.11. The topological polar surface area (TPSA) is 55.4 Å². The molecule has 1 saturated heterocycles. The number of rotatable bonds is 7. The monoisotopic (exact) mass is 274 g/mol. The Morgan fingerprint density at radius 2 is 1.63 bits per heavy atom. The first-order valence-corrected chi connectivity index (χ1v) is 6.01. The van der Waals surface area contributed by atoms with Crippen LogP contribution in [0.1, 0.15) is 0 Å². The van der Waals surface area contributed by atoms with Gasteiger partial charge in [-0.25, -0.2) is 0 Å². The number of methoxy groups -OCH3 is 4. The zero-order valence-electron chi connectivity index (χ0n) is 11.8. The number of hydrogen-bond acceptors (Lipinski definition) is 6. The van der Waals surface area contributed by atoms with Gasteiger partial charge in [0.2, 0.25) is 0 Å². The van der Waals surface area contributed by atoms with Crippen molar-refractivity contribution in [3.63, 3.8) is 0 Å². The molecule has 0 N–H and O–H groups in total. The molecule has 0 aromatic heterocycles. The molecule has 1 heterocycles. The maximum absolute atomic E-state index is 5.80. The summed E-state index contributed by atoms with van der Waals surface area (Å²) >= 11 is 0. The average molecular weight is 274 g/mol. The standard InChI is InChI=1S/C13H22O6/c1-6-7-18-13-12(17-5)11(16-4)10(15-3)9(19-13)8-14-2/h1,9-13H,7-8H2,2-5H3/t9-,10-,11+,12-,13+/m1/s1. The fourth-order valence-corrected chi connectivity index (χ4v) is 2.24. The molecular formula is C13H22O6. The van der Waals surface area contributed by atoms with Crippen molar-refractivity contribution in [1.82, 2.24) is 0 Å². The van der Waals surface area contributed by atoms with Crippen molar-refractivity contribution in [1.29, 1.82) is 0 Å². The van der Waals surface area contributed by atoms with Crippen molar-refractivity contribution in [2.75, 3.05) is 41.7 Å². The molecule has 0 aromatic rings. The molecule has 0 radical (unpaired) electrons. The minimum atomic E-state index is -0.613. The maximum atomic E-state index is 5.80. The van der Waals surface area contributed by atoms with Gasteiger partial charge in [-0.3, -0.25) is 0 Å². The van der Waals surface area contributed by atoms with E-state index in [0.717, 1.165) is 0 Å². The fourth-order valence-electron chi connectivity index (χ4n) is 2.24. The Labute approximate surface area is 114 Å². The molecule has 19 heavy (non-hydrogen) atoms. The lowest BCUT2D eigenvalue weighted by Crippen LogP contribution is -2.61. The summed E-state index contributed by atoms with van der Waals surface area (Å²) in [6.07, 6.45) is 3.22. The van der Waals surface area contributed by atoms with Crippen molar-refractivity contribution < 1.29 is 28.4 Å². The van der Waals surface area contributed by atoms with E-state index in [1.165, 1.54) is 0 Å². The van der Waals surface area contributed by atoms with Crippen LogP contribution in [0.5, 0.6) is 0 Å². The zero-order valence-corrected chi connectivity index (χ0v) is 11.8. The molecule has 5 atom stereocenters. The van der Waals surface area contributed by atoms with Crippen LogP contribution in [0.15, 0.2) is 0 Å². The Bertz CT molecular complexity index is 289. The first-order valence-electron chi connectivity index (χ1n) is 6.01. The molecule has 0 spiro atoms. The molecular weight excluding hydrogens is 252 g/mol. The highest BCUT2D eigenvalue weighted by molar-refractivity contribution is 4.93. The van der Waals surface area contributed by atoms with Gasteiger partial charge in [0.1, 0.15) is 31.0 Å². The van der Waals surface area contributed by atoms with Crippen LogP contribution in [0.4, 0.5) is 0 Å². The van der Waals surface area contributed by atoms with E-state index >= 15 is 0 Å². The third-order valence-electron chi connectivity index (χ3n) is 3.07. The van der Waals surface area contributed by atoms with E-state index in [9.17, 15) is 0 Å². The lowest BCUT2D eigenvalue weighted by molar-refractivity contribution is -0.310. The van der Waals surface area contributed by atoms with Gasteiger partial charge >= 0.3 is 0 Å². The van der Waals surface area contributed by atoms with Gasteiger partial charge in [-0.15, -0.1) is 6.42 Å². The Kier molecular flexibility index (Phi) is 7.31. The van der Waals surface area contributed by atoms with Gasteiger partial charge < -0.3 is 28.4 Å². The summed E-state index contributed by atoms with van der Waals surface area (Å²) in [5.74, 6) is 2.40. The van der Waals surface area contributed by atoms with Gasteiger partial charge in [-0.05, 0) is 0 Å². The van der Waals surface area contributed by atoms with E-state index in [1.54, 1.807) is 28.4 Å². The van der Waals surface area contributed by atoms with Gasteiger partial charge in [0, 0.05) is 28.4 Å². The van der Waals surface area contributed by atoms with E-state index < -0.39 is 12.4 Å². The third kappa shape index (κ3) is 3.89. The first-order chi connectivity index (χ1) is 9.23. The molecule has 0 saturated carbocycles. The van der Waals surface area contributed by atoms with E-state index in [-0.39, 0.29) is 24.9 Å². The van der Waals surface area contributed by atoms with Crippen molar-refractivity contribution in [2.24, 2.45) is 0 Å². The SMILES string of the molecule is C#CCO[C@H]1O[C@H](COC)[C@@H](OC)[C@H](OC)[C@H]1OC. The van der Waals surface area contributed by atoms with Crippen LogP contribution in [0.2, 0.25) is 0 Å². The van der Waals surface area contributed by atoms with Crippen molar-refractivity contribution in [3.05, 3.63) is 0 Å². The predicted molar refractivity (Wildman–Crippen MR) is 67.7 cm³/mol. The highest BCUT2D eigenvalue weighted by Crippen LogP contribution is 2.27. The molecule has 0 unspecified atom stereocenters. The Morgan fingerprint density at radius 3 is 2.11 bits per heavy atom. The summed E-state index contributed by atoms with van der Waals surface area (Å²) < 4.78 is 32.7. The molecule has 1 rings (SSSR count). The van der Waals surface area contributed by atoms with Crippen LogP contribution in [0.25, 0.3) is 0 Å². The zero-order chi connectivity index (χ0) is 14.3. The van der Waals surface area contributed by atoms with Crippen molar-refractivity contribution in [2.45, 2.75) is 30.7 Å². The van der Waals surface area contributed by atoms with Gasteiger partial charge in [0.15, 0.2) is 6.29 Å². The van der Waals surface area contributed by atoms with Crippen LogP contribution >= 0.6 is 0 Å². The van der Waals surface area contributed by atoms with E-state index in [2.05, 4.69) is 5.92 Å². The quantitative estimate of drug-likeness (QED) is 0.612. The number of ether oxygens (including phenoxy) is 6. The summed E-state index contributed by atoms with van der Waals surface area (Å²) in [6, 6.07) is 0. The third-order valence-corrected chi connectivity index (χ3v) is 3.07. The van der Waals surface area contributed by atoms with Gasteiger partial charge in [0.05, 0.1) is 6.61 Å². The number of terminal acetylenes is 1. The van der Waals surface area contributed by atoms with Crippen LogP contribution in [-0.2, 0) is 28.4 Å². The van der Waals surface area contributed by atoms with E-state index in [1.807, 2.05) is 0 Å². The van der Waals surface area contributed by atoms with E-state index in [4.69, 9.17) is 34.8 Å². The normalized spacial score (nSPS) is 35.0. The van der Waals surface area contributed by atoms with Crippen molar-refractivity contribution in [3.8, 4) is 12.3 Å². The van der Waals surface area contributed by atoms with Crippen LogP contribution in [0.3, 0.4) is 0 Å². The minimum Gasteiger partial charge on any atom is -0.382 e. The molecule has 0 bridgehead atoms. The summed E-state index contributed by atoms with van der Waals surface area (Å²) in [5.41, 5.74) is 0. The van der Waals surface area contributed by atoms with Gasteiger partial charge in [-0.1, -0.05) is 5.92 Å². The largest absolute Gasteiger partial charge is 0.382 e. The summed E-state index contributed by atoms with van der Waals surface area (Å²) in [5, 5.41) is 0. The van der Waals surface area contributed by atoms with Gasteiger partial charge in [0.25, 0.3) is 0 Å². The highest BCUT2D eigenvalue weighted by atomic mass is 16.7. The second kappa shape index (κ2) is 8.48. The minimum absolute atomic E-state index is 0.137. The number of hydrogen-bond donors (Lipinski definition) is 0. The van der Waals surface area contributed by atoms with Gasteiger partial charge in [-0.2, -0.15) is 0 Å². The highest BCUT2D eigenvalue weighted by Gasteiger charge is 2.47. The molecule has 0 amide bonds. The molecule has 110 valence electrons. The molecule has 0 aromatic carbocycles. The predicted octanol–water partition coefficient (Wildman–Crippen LogP) is 0.0525. The maximum Gasteiger partial charge on any atom is 0.188 e. The Hall–Kier alpha value is -0.680. The van der Waals surface area contributed by atoms with E-state index in [0.29, 0.717) is 6.61 Å². The molecule has 0 aliphatic carbocycles. The first kappa shape index (κ1) is 16.4. The summed E-state index contributed by atoms with van der Waals surface area (Å²) in [7, 11) is 6.35. The van der Waals surface area contributed by atoms with Crippen molar-refractivity contribution >= 4 is 0 Å². The molecule has 1 aliphatic heterocycles. The molecule has 1 fully saturated rings. The van der Waals surface area contributed by atoms with Crippen LogP contribution < -0.4 is 0 Å². The second-order valence-corrected chi connectivity index (χ2v) is 4.11. The average Bonchev–Trinajstić information content (AvgIpc) is 2.44. The summed E-state index contributed by atoms with van der Waals surface area (Å²) in [6.45, 7) is 0.503. The fraction of sp³-hybridized carbons (Fsp3) is 0.846. The molecule has 6 nitrogen and oxygen atoms in total. The lowest BCUT2D eigenvalue weighted by Gasteiger charge is -2.44.